The van der Waals surface area contributed by atoms with Gasteiger partial charge in [-0.2, -0.15) is 0 Å². The number of hydrogen-bond acceptors (Lipinski definition) is 5. The summed E-state index contributed by atoms with van der Waals surface area (Å²) in [6.07, 6.45) is -0.850. The smallest absolute Gasteiger partial charge is 0.190 e. The van der Waals surface area contributed by atoms with E-state index in [1.807, 2.05) is 34.6 Å². The van der Waals surface area contributed by atoms with Crippen LogP contribution in [0.2, 0.25) is 0 Å². The largest absolute Gasteiger partial charge is 0.344 e. The molecule has 0 aromatic rings. The van der Waals surface area contributed by atoms with Gasteiger partial charge >= 0.3 is 0 Å². The highest BCUT2D eigenvalue weighted by Crippen LogP contribution is 2.43. The van der Waals surface area contributed by atoms with E-state index in [4.69, 9.17) is 23.7 Å². The zero-order valence-electron chi connectivity index (χ0n) is 10.9. The van der Waals surface area contributed by atoms with Crippen LogP contribution in [-0.2, 0) is 23.7 Å². The Labute approximate surface area is 101 Å². The van der Waals surface area contributed by atoms with E-state index in [0.717, 1.165) is 0 Å². The molecule has 0 N–H and O–H groups in total. The fourth-order valence-corrected chi connectivity index (χ4v) is 2.81. The average molecular weight is 244 g/mol. The molecule has 98 valence electrons. The lowest BCUT2D eigenvalue weighted by Gasteiger charge is -2.35. The average Bonchev–Trinajstić information content (AvgIpc) is 2.62. The summed E-state index contributed by atoms with van der Waals surface area (Å²) in [7, 11) is 0. The normalized spacial score (nSPS) is 51.0. The van der Waals surface area contributed by atoms with Crippen LogP contribution in [0.4, 0.5) is 0 Å². The molecule has 0 saturated carbocycles. The van der Waals surface area contributed by atoms with Crippen molar-refractivity contribution in [3.05, 3.63) is 0 Å². The molecule has 0 aromatic carbocycles. The maximum atomic E-state index is 5.92. The molecule has 5 nitrogen and oxygen atoms in total. The third kappa shape index (κ3) is 1.90. The summed E-state index contributed by atoms with van der Waals surface area (Å²) >= 11 is 0. The van der Waals surface area contributed by atoms with E-state index in [-0.39, 0.29) is 30.7 Å². The molecule has 0 aliphatic carbocycles. The molecule has 0 bridgehead atoms. The summed E-state index contributed by atoms with van der Waals surface area (Å²) in [5.41, 5.74) is 0. The Morgan fingerprint density at radius 1 is 0.706 bits per heavy atom. The second-order valence-electron chi connectivity index (χ2n) is 5.87. The van der Waals surface area contributed by atoms with Crippen molar-refractivity contribution in [3.63, 3.8) is 0 Å². The molecule has 17 heavy (non-hydrogen) atoms. The summed E-state index contributed by atoms with van der Waals surface area (Å²) < 4.78 is 29.2. The Balaban J connectivity index is 1.86. The predicted octanol–water partition coefficient (Wildman–Crippen LogP) is 1.40. The standard InChI is InChI=1S/C12H20O5/c1-6-7-8(15-11(2,3)14-7)9-10(13-6)17-12(4,5)16-9/h6-10H,1-5H3/t6-,7+,8+,9-,10+/m1/s1. The maximum absolute atomic E-state index is 5.92. The van der Waals surface area contributed by atoms with Crippen molar-refractivity contribution in [3.8, 4) is 0 Å². The first-order chi connectivity index (χ1) is 7.77. The molecule has 0 amide bonds. The Hall–Kier alpha value is -0.200. The van der Waals surface area contributed by atoms with Gasteiger partial charge in [0.15, 0.2) is 17.9 Å². The highest BCUT2D eigenvalue weighted by molar-refractivity contribution is 4.98. The highest BCUT2D eigenvalue weighted by Gasteiger charge is 2.59. The predicted molar refractivity (Wildman–Crippen MR) is 58.2 cm³/mol. The molecule has 5 heteroatoms. The van der Waals surface area contributed by atoms with E-state index in [1.54, 1.807) is 0 Å². The van der Waals surface area contributed by atoms with Gasteiger partial charge in [0.2, 0.25) is 0 Å². The number of hydrogen-bond donors (Lipinski definition) is 0. The Kier molecular flexibility index (Phi) is 2.39. The van der Waals surface area contributed by atoms with Crippen LogP contribution in [0.1, 0.15) is 34.6 Å². The SMILES string of the molecule is C[C@H]1O[C@H]2OC(C)(C)O[C@@H]2[C@H]2OC(C)(C)O[C@H]21. The molecule has 0 spiro atoms. The van der Waals surface area contributed by atoms with Crippen molar-refractivity contribution in [2.75, 3.05) is 0 Å². The van der Waals surface area contributed by atoms with Crippen LogP contribution in [0.15, 0.2) is 0 Å². The van der Waals surface area contributed by atoms with Crippen LogP contribution in [0.5, 0.6) is 0 Å². The van der Waals surface area contributed by atoms with Gasteiger partial charge in [-0.05, 0) is 34.6 Å². The molecule has 0 unspecified atom stereocenters. The topological polar surface area (TPSA) is 46.2 Å². The van der Waals surface area contributed by atoms with Gasteiger partial charge in [0.05, 0.1) is 6.10 Å². The van der Waals surface area contributed by atoms with E-state index in [2.05, 4.69) is 0 Å². The third-order valence-corrected chi connectivity index (χ3v) is 3.39. The van der Waals surface area contributed by atoms with Crippen molar-refractivity contribution in [1.82, 2.24) is 0 Å². The van der Waals surface area contributed by atoms with Gasteiger partial charge in [0, 0.05) is 0 Å². The van der Waals surface area contributed by atoms with Crippen LogP contribution < -0.4 is 0 Å². The summed E-state index contributed by atoms with van der Waals surface area (Å²) in [6, 6.07) is 0. The van der Waals surface area contributed by atoms with Crippen LogP contribution in [0, 0.1) is 0 Å². The van der Waals surface area contributed by atoms with E-state index in [0.29, 0.717) is 0 Å². The quantitative estimate of drug-likeness (QED) is 0.644. The molecular weight excluding hydrogens is 224 g/mol. The van der Waals surface area contributed by atoms with Crippen LogP contribution in [0.3, 0.4) is 0 Å². The molecule has 0 aromatic heterocycles. The molecule has 3 heterocycles. The van der Waals surface area contributed by atoms with E-state index in [1.165, 1.54) is 0 Å². The molecule has 3 saturated heterocycles. The molecule has 5 atom stereocenters. The maximum Gasteiger partial charge on any atom is 0.190 e. The molecule has 3 aliphatic rings. The molecule has 3 fully saturated rings. The first kappa shape index (κ1) is 11.9. The van der Waals surface area contributed by atoms with Crippen LogP contribution >= 0.6 is 0 Å². The Morgan fingerprint density at radius 3 is 1.94 bits per heavy atom. The summed E-state index contributed by atoms with van der Waals surface area (Å²) in [5.74, 6) is -1.21. The van der Waals surface area contributed by atoms with Crippen molar-refractivity contribution >= 4 is 0 Å². The number of rotatable bonds is 0. The first-order valence-electron chi connectivity index (χ1n) is 6.14. The zero-order chi connectivity index (χ0) is 12.4. The zero-order valence-corrected chi connectivity index (χ0v) is 10.9. The first-order valence-corrected chi connectivity index (χ1v) is 6.14. The van der Waals surface area contributed by atoms with Crippen LogP contribution in [-0.4, -0.2) is 42.3 Å². The molecular formula is C12H20O5. The van der Waals surface area contributed by atoms with Crippen molar-refractivity contribution < 1.29 is 23.7 Å². The number of fused-ring (bicyclic) bond motifs is 3. The summed E-state index contributed by atoms with van der Waals surface area (Å²) in [6.45, 7) is 9.57. The van der Waals surface area contributed by atoms with E-state index >= 15 is 0 Å². The third-order valence-electron chi connectivity index (χ3n) is 3.39. The lowest BCUT2D eigenvalue weighted by atomic mass is 10.0. The lowest BCUT2D eigenvalue weighted by Crippen LogP contribution is -2.53. The van der Waals surface area contributed by atoms with Crippen molar-refractivity contribution in [1.29, 1.82) is 0 Å². The minimum Gasteiger partial charge on any atom is -0.344 e. The Bertz CT molecular complexity index is 327. The minimum absolute atomic E-state index is 0.0551. The fraction of sp³-hybridized carbons (Fsp3) is 1.00. The van der Waals surface area contributed by atoms with Gasteiger partial charge in [-0.25, -0.2) is 0 Å². The Morgan fingerprint density at radius 2 is 1.24 bits per heavy atom. The summed E-state index contributed by atoms with van der Waals surface area (Å²) in [5, 5.41) is 0. The molecule has 3 aliphatic heterocycles. The number of ether oxygens (including phenoxy) is 5. The van der Waals surface area contributed by atoms with Gasteiger partial charge in [0.25, 0.3) is 0 Å². The van der Waals surface area contributed by atoms with Gasteiger partial charge < -0.3 is 23.7 Å². The molecule has 3 rings (SSSR count). The van der Waals surface area contributed by atoms with E-state index < -0.39 is 11.6 Å². The molecule has 0 radical (unpaired) electrons. The van der Waals surface area contributed by atoms with Gasteiger partial charge in [-0.1, -0.05) is 0 Å². The highest BCUT2D eigenvalue weighted by atomic mass is 16.9. The van der Waals surface area contributed by atoms with Crippen molar-refractivity contribution in [2.24, 2.45) is 0 Å². The van der Waals surface area contributed by atoms with E-state index in [9.17, 15) is 0 Å². The monoisotopic (exact) mass is 244 g/mol. The fourth-order valence-electron chi connectivity index (χ4n) is 2.81. The lowest BCUT2D eigenvalue weighted by molar-refractivity contribution is -0.229. The van der Waals surface area contributed by atoms with Crippen LogP contribution in [0.25, 0.3) is 0 Å². The van der Waals surface area contributed by atoms with Gasteiger partial charge in [-0.3, -0.25) is 0 Å². The van der Waals surface area contributed by atoms with Crippen molar-refractivity contribution in [2.45, 2.75) is 76.9 Å². The second kappa shape index (κ2) is 3.42. The van der Waals surface area contributed by atoms with Gasteiger partial charge in [0.1, 0.15) is 18.3 Å². The second-order valence-corrected chi connectivity index (χ2v) is 5.87. The summed E-state index contributed by atoms with van der Waals surface area (Å²) in [4.78, 5) is 0. The van der Waals surface area contributed by atoms with Gasteiger partial charge in [-0.15, -0.1) is 0 Å². The minimum atomic E-state index is -0.625.